The number of para-hydroxylation sites is 1. The summed E-state index contributed by atoms with van der Waals surface area (Å²) in [6.07, 6.45) is 1.95. The number of nitrogens with one attached hydrogen (secondary N) is 1. The van der Waals surface area contributed by atoms with Gasteiger partial charge in [-0.05, 0) is 6.92 Å². The fourth-order valence-corrected chi connectivity index (χ4v) is 1.99. The van der Waals surface area contributed by atoms with Crippen LogP contribution in [0.5, 0.6) is 0 Å². The molecule has 100 valence electrons. The molecular weight excluding hydrogens is 244 g/mol. The number of nitro groups is 1. The smallest absolute Gasteiger partial charge is 0.273 e. The van der Waals surface area contributed by atoms with Crippen molar-refractivity contribution in [3.8, 4) is 0 Å². The standard InChI is InChI=1S/C13H16N4O2/c1-10-12(9-16(2)15-10)8-14-7-11-5-3-4-6-13(11)17(18)19/h3-6,9,14H,7-8H2,1-2H3. The molecule has 0 amide bonds. The molecule has 0 spiro atoms. The van der Waals surface area contributed by atoms with Crippen molar-refractivity contribution in [2.24, 2.45) is 7.05 Å². The number of hydrogen-bond donors (Lipinski definition) is 1. The van der Waals surface area contributed by atoms with Gasteiger partial charge in [0.2, 0.25) is 0 Å². The number of nitro benzene ring substituents is 1. The van der Waals surface area contributed by atoms with Crippen LogP contribution >= 0.6 is 0 Å². The van der Waals surface area contributed by atoms with Gasteiger partial charge in [-0.3, -0.25) is 14.8 Å². The Morgan fingerprint density at radius 1 is 1.32 bits per heavy atom. The number of nitrogens with zero attached hydrogens (tertiary/aromatic N) is 3. The molecule has 19 heavy (non-hydrogen) atoms. The lowest BCUT2D eigenvalue weighted by molar-refractivity contribution is -0.385. The summed E-state index contributed by atoms with van der Waals surface area (Å²) in [5, 5.41) is 18.3. The maximum Gasteiger partial charge on any atom is 0.273 e. The van der Waals surface area contributed by atoms with E-state index in [9.17, 15) is 10.1 Å². The molecule has 0 aliphatic carbocycles. The first-order valence-electron chi connectivity index (χ1n) is 6.00. The minimum Gasteiger partial charge on any atom is -0.308 e. The zero-order chi connectivity index (χ0) is 13.8. The van der Waals surface area contributed by atoms with Gasteiger partial charge in [0.25, 0.3) is 5.69 Å². The van der Waals surface area contributed by atoms with Crippen molar-refractivity contribution in [2.45, 2.75) is 20.0 Å². The summed E-state index contributed by atoms with van der Waals surface area (Å²) in [4.78, 5) is 10.5. The molecule has 0 saturated carbocycles. The van der Waals surface area contributed by atoms with Gasteiger partial charge >= 0.3 is 0 Å². The van der Waals surface area contributed by atoms with E-state index in [4.69, 9.17) is 0 Å². The fourth-order valence-electron chi connectivity index (χ4n) is 1.99. The highest BCUT2D eigenvalue weighted by molar-refractivity contribution is 5.39. The van der Waals surface area contributed by atoms with E-state index < -0.39 is 0 Å². The molecule has 1 aromatic heterocycles. The maximum absolute atomic E-state index is 10.9. The van der Waals surface area contributed by atoms with Gasteiger partial charge in [0.05, 0.1) is 10.6 Å². The highest BCUT2D eigenvalue weighted by Crippen LogP contribution is 2.17. The van der Waals surface area contributed by atoms with Crippen molar-refractivity contribution < 1.29 is 4.92 Å². The topological polar surface area (TPSA) is 73.0 Å². The third-order valence-electron chi connectivity index (χ3n) is 2.93. The molecule has 0 bridgehead atoms. The van der Waals surface area contributed by atoms with Crippen LogP contribution in [0.2, 0.25) is 0 Å². The minimum atomic E-state index is -0.355. The summed E-state index contributed by atoms with van der Waals surface area (Å²) in [5.74, 6) is 0. The summed E-state index contributed by atoms with van der Waals surface area (Å²) in [6.45, 7) is 3.05. The zero-order valence-electron chi connectivity index (χ0n) is 11.0. The van der Waals surface area contributed by atoms with Crippen molar-refractivity contribution in [3.63, 3.8) is 0 Å². The quantitative estimate of drug-likeness (QED) is 0.658. The second-order valence-electron chi connectivity index (χ2n) is 4.40. The van der Waals surface area contributed by atoms with E-state index in [0.717, 1.165) is 11.3 Å². The Morgan fingerprint density at radius 2 is 2.00 bits per heavy atom. The van der Waals surface area contributed by atoms with Gasteiger partial charge in [0, 0.05) is 43.5 Å². The number of aryl methyl sites for hydroxylation is 2. The molecule has 0 saturated heterocycles. The average molecular weight is 260 g/mol. The fraction of sp³-hybridized carbons (Fsp3) is 0.308. The van der Waals surface area contributed by atoms with E-state index in [1.807, 2.05) is 20.2 Å². The van der Waals surface area contributed by atoms with Crippen LogP contribution < -0.4 is 5.32 Å². The molecule has 0 aliphatic rings. The Balaban J connectivity index is 2.00. The second kappa shape index (κ2) is 5.62. The molecule has 0 radical (unpaired) electrons. The second-order valence-corrected chi connectivity index (χ2v) is 4.40. The Labute approximate surface area is 111 Å². The van der Waals surface area contributed by atoms with Crippen molar-refractivity contribution in [3.05, 3.63) is 57.4 Å². The summed E-state index contributed by atoms with van der Waals surface area (Å²) < 4.78 is 1.76. The van der Waals surface area contributed by atoms with E-state index in [1.165, 1.54) is 6.07 Å². The van der Waals surface area contributed by atoms with Crippen LogP contribution in [0.3, 0.4) is 0 Å². The maximum atomic E-state index is 10.9. The number of rotatable bonds is 5. The van der Waals surface area contributed by atoms with Crippen LogP contribution in [0.15, 0.2) is 30.5 Å². The average Bonchev–Trinajstić information content (AvgIpc) is 2.68. The molecule has 2 aromatic rings. The number of benzene rings is 1. The molecule has 1 heterocycles. The lowest BCUT2D eigenvalue weighted by Crippen LogP contribution is -2.14. The van der Waals surface area contributed by atoms with Crippen LogP contribution in [0, 0.1) is 17.0 Å². The van der Waals surface area contributed by atoms with Gasteiger partial charge < -0.3 is 5.32 Å². The molecule has 0 atom stereocenters. The minimum absolute atomic E-state index is 0.151. The molecular formula is C13H16N4O2. The van der Waals surface area contributed by atoms with Crippen LogP contribution in [0.4, 0.5) is 5.69 Å². The lowest BCUT2D eigenvalue weighted by atomic mass is 10.1. The molecule has 0 aliphatic heterocycles. The largest absolute Gasteiger partial charge is 0.308 e. The Kier molecular flexibility index (Phi) is 3.91. The molecule has 1 aromatic carbocycles. The Hall–Kier alpha value is -2.21. The molecule has 2 rings (SSSR count). The van der Waals surface area contributed by atoms with Crippen molar-refractivity contribution >= 4 is 5.69 Å². The highest BCUT2D eigenvalue weighted by atomic mass is 16.6. The van der Waals surface area contributed by atoms with E-state index in [-0.39, 0.29) is 10.6 Å². The first-order valence-corrected chi connectivity index (χ1v) is 6.00. The van der Waals surface area contributed by atoms with Gasteiger partial charge in [0.15, 0.2) is 0 Å². The monoisotopic (exact) mass is 260 g/mol. The number of hydrogen-bond acceptors (Lipinski definition) is 4. The van der Waals surface area contributed by atoms with Gasteiger partial charge in [0.1, 0.15) is 0 Å². The predicted octanol–water partition coefficient (Wildman–Crippen LogP) is 1.93. The highest BCUT2D eigenvalue weighted by Gasteiger charge is 2.11. The SMILES string of the molecule is Cc1nn(C)cc1CNCc1ccccc1[N+](=O)[O-]. The van der Waals surface area contributed by atoms with Crippen molar-refractivity contribution in [1.82, 2.24) is 15.1 Å². The van der Waals surface area contributed by atoms with E-state index in [2.05, 4.69) is 10.4 Å². The Morgan fingerprint density at radius 3 is 2.63 bits per heavy atom. The first-order chi connectivity index (χ1) is 9.08. The third kappa shape index (κ3) is 3.17. The first kappa shape index (κ1) is 13.2. The van der Waals surface area contributed by atoms with Crippen LogP contribution in [0.25, 0.3) is 0 Å². The molecule has 6 nitrogen and oxygen atoms in total. The van der Waals surface area contributed by atoms with E-state index in [1.54, 1.807) is 22.9 Å². The van der Waals surface area contributed by atoms with E-state index in [0.29, 0.717) is 18.7 Å². The predicted molar refractivity (Wildman–Crippen MR) is 71.6 cm³/mol. The van der Waals surface area contributed by atoms with Crippen molar-refractivity contribution in [1.29, 1.82) is 0 Å². The normalized spacial score (nSPS) is 10.6. The Bertz CT molecular complexity index is 592. The van der Waals surface area contributed by atoms with E-state index >= 15 is 0 Å². The van der Waals surface area contributed by atoms with Gasteiger partial charge in [-0.25, -0.2) is 0 Å². The molecule has 6 heteroatoms. The van der Waals surface area contributed by atoms with Gasteiger partial charge in [-0.1, -0.05) is 18.2 Å². The van der Waals surface area contributed by atoms with Gasteiger partial charge in [-0.2, -0.15) is 5.10 Å². The lowest BCUT2D eigenvalue weighted by Gasteiger charge is -2.04. The molecule has 0 unspecified atom stereocenters. The van der Waals surface area contributed by atoms with Crippen LogP contribution in [-0.2, 0) is 20.1 Å². The molecule has 0 fully saturated rings. The third-order valence-corrected chi connectivity index (χ3v) is 2.93. The summed E-state index contributed by atoms with van der Waals surface area (Å²) in [7, 11) is 1.87. The number of aromatic nitrogens is 2. The van der Waals surface area contributed by atoms with Crippen molar-refractivity contribution in [2.75, 3.05) is 0 Å². The van der Waals surface area contributed by atoms with Crippen LogP contribution in [-0.4, -0.2) is 14.7 Å². The zero-order valence-corrected chi connectivity index (χ0v) is 11.0. The summed E-state index contributed by atoms with van der Waals surface area (Å²) >= 11 is 0. The summed E-state index contributed by atoms with van der Waals surface area (Å²) in [5.41, 5.74) is 2.91. The summed E-state index contributed by atoms with van der Waals surface area (Å²) in [6, 6.07) is 6.76. The van der Waals surface area contributed by atoms with Crippen LogP contribution in [0.1, 0.15) is 16.8 Å². The van der Waals surface area contributed by atoms with Gasteiger partial charge in [-0.15, -0.1) is 0 Å². The molecule has 1 N–H and O–H groups in total.